The fourth-order valence-electron chi connectivity index (χ4n) is 9.26. The minimum Gasteiger partial charge on any atom is -0.370 e. The predicted octanol–water partition coefficient (Wildman–Crippen LogP) is 6.23. The summed E-state index contributed by atoms with van der Waals surface area (Å²) in [5.41, 5.74) is 0.391. The van der Waals surface area contributed by atoms with Crippen LogP contribution in [0.15, 0.2) is 0 Å². The number of piperidine rings is 2. The molecule has 7 heteroatoms. The smallest absolute Gasteiger partial charge is 0.0690 e. The summed E-state index contributed by atoms with van der Waals surface area (Å²) in [6.07, 6.45) is 13.4. The summed E-state index contributed by atoms with van der Waals surface area (Å²) in [5, 5.41) is 12.9. The van der Waals surface area contributed by atoms with E-state index in [2.05, 4.69) is 87.9 Å². The van der Waals surface area contributed by atoms with Gasteiger partial charge in [-0.05, 0) is 123 Å². The van der Waals surface area contributed by atoms with Gasteiger partial charge >= 0.3 is 0 Å². The Hall–Kier alpha value is 0.110. The molecule has 7 unspecified atom stereocenters. The highest BCUT2D eigenvalue weighted by molar-refractivity contribution is 7.98. The number of nitrogens with zero attached hydrogens (tertiary/aromatic N) is 1. The first-order valence-electron chi connectivity index (χ1n) is 16.7. The lowest BCUT2D eigenvalue weighted by atomic mass is 9.75. The summed E-state index contributed by atoms with van der Waals surface area (Å²) in [7, 11) is 0. The zero-order valence-electron chi connectivity index (χ0n) is 27.4. The van der Waals surface area contributed by atoms with Crippen LogP contribution in [-0.2, 0) is 4.74 Å². The second kappa shape index (κ2) is 11.9. The van der Waals surface area contributed by atoms with Gasteiger partial charge < -0.3 is 4.74 Å². The molecule has 5 aliphatic rings. The Bertz CT molecular complexity index is 840. The molecule has 0 radical (unpaired) electrons. The Morgan fingerprint density at radius 2 is 1.50 bits per heavy atom. The van der Waals surface area contributed by atoms with Crippen LogP contribution in [0, 0.1) is 23.2 Å². The van der Waals surface area contributed by atoms with Crippen molar-refractivity contribution in [1.29, 1.82) is 0 Å². The maximum atomic E-state index is 6.54. The quantitative estimate of drug-likeness (QED) is 0.276. The molecule has 0 amide bonds. The fourth-order valence-corrected chi connectivity index (χ4v) is 10.3. The van der Waals surface area contributed by atoms with Crippen molar-refractivity contribution in [2.24, 2.45) is 23.2 Å². The molecule has 5 saturated heterocycles. The summed E-state index contributed by atoms with van der Waals surface area (Å²) in [5.74, 6) is 2.05. The molecule has 5 rings (SSSR count). The molecule has 0 aromatic rings. The Balaban J connectivity index is 1.38. The Kier molecular flexibility index (Phi) is 9.38. The van der Waals surface area contributed by atoms with Crippen LogP contribution in [0.25, 0.3) is 0 Å². The van der Waals surface area contributed by atoms with Crippen molar-refractivity contribution < 1.29 is 4.74 Å². The Labute approximate surface area is 251 Å². The van der Waals surface area contributed by atoms with E-state index in [1.165, 1.54) is 57.9 Å². The van der Waals surface area contributed by atoms with E-state index in [1.807, 2.05) is 11.9 Å². The van der Waals surface area contributed by atoms with Crippen LogP contribution >= 0.6 is 11.9 Å². The lowest BCUT2D eigenvalue weighted by Crippen LogP contribution is -2.63. The van der Waals surface area contributed by atoms with Crippen LogP contribution in [0.1, 0.15) is 127 Å². The normalized spacial score (nSPS) is 42.8. The second-order valence-electron chi connectivity index (χ2n) is 17.1. The lowest BCUT2D eigenvalue weighted by molar-refractivity contribution is -0.177. The van der Waals surface area contributed by atoms with Gasteiger partial charge in [-0.2, -0.15) is 0 Å². The van der Waals surface area contributed by atoms with Gasteiger partial charge in [0.1, 0.15) is 0 Å². The minimum absolute atomic E-state index is 0.0647. The van der Waals surface area contributed by atoms with Crippen LogP contribution < -0.4 is 20.7 Å². The molecule has 232 valence electrons. The van der Waals surface area contributed by atoms with Crippen LogP contribution in [0.5, 0.6) is 0 Å². The topological polar surface area (TPSA) is 60.6 Å². The summed E-state index contributed by atoms with van der Waals surface area (Å²) in [6, 6.07) is 1.11. The first-order valence-corrected chi connectivity index (χ1v) is 17.6. The molecule has 5 fully saturated rings. The number of ether oxygens (including phenoxy) is 1. The monoisotopic (exact) mass is 577 g/mol. The van der Waals surface area contributed by atoms with Crippen molar-refractivity contribution >= 4 is 11.9 Å². The summed E-state index contributed by atoms with van der Waals surface area (Å²) >= 11 is 1.96. The number of hydrogen-bond acceptors (Lipinski definition) is 7. The van der Waals surface area contributed by atoms with Gasteiger partial charge in [-0.3, -0.25) is 25.6 Å². The van der Waals surface area contributed by atoms with Crippen LogP contribution in [0.3, 0.4) is 0 Å². The number of nitrogens with one attached hydrogen (secondary N) is 4. The Morgan fingerprint density at radius 3 is 2.20 bits per heavy atom. The summed E-state index contributed by atoms with van der Waals surface area (Å²) in [6.45, 7) is 23.8. The third-order valence-electron chi connectivity index (χ3n) is 10.9. The van der Waals surface area contributed by atoms with Gasteiger partial charge in [-0.15, -0.1) is 0 Å². The minimum atomic E-state index is -0.0647. The third kappa shape index (κ3) is 7.60. The van der Waals surface area contributed by atoms with Gasteiger partial charge in [0.2, 0.25) is 0 Å². The van der Waals surface area contributed by atoms with E-state index in [1.54, 1.807) is 0 Å². The van der Waals surface area contributed by atoms with Crippen LogP contribution in [0.2, 0.25) is 0 Å². The number of fused-ring (bicyclic) bond motifs is 6. The van der Waals surface area contributed by atoms with Crippen molar-refractivity contribution in [3.63, 3.8) is 0 Å². The fraction of sp³-hybridized carbons (Fsp3) is 1.00. The first-order chi connectivity index (χ1) is 18.6. The highest BCUT2D eigenvalue weighted by Gasteiger charge is 2.48. The molecular formula is C33H63N5OS. The second-order valence-corrected chi connectivity index (χ2v) is 18.2. The highest BCUT2D eigenvalue weighted by Crippen LogP contribution is 2.44. The van der Waals surface area contributed by atoms with Crippen molar-refractivity contribution in [1.82, 2.24) is 25.6 Å². The SMILES string of the molecule is CC1(C)CC(C2CC[C@@H]3CN(C4NC(C(C)(C)C)CCC4CNSC4CCCC(N4)N2)C(C)(C)C3)CC(C)(C)O1. The summed E-state index contributed by atoms with van der Waals surface area (Å²) < 4.78 is 10.4. The third-order valence-corrected chi connectivity index (χ3v) is 11.9. The molecule has 4 N–H and O–H groups in total. The predicted molar refractivity (Wildman–Crippen MR) is 170 cm³/mol. The molecule has 40 heavy (non-hydrogen) atoms. The molecule has 8 atom stereocenters. The van der Waals surface area contributed by atoms with Gasteiger partial charge in [0.25, 0.3) is 0 Å². The standard InChI is InChI=1S/C33H63N5OS/c1-30(2,3)26-16-14-23-20-34-40-28-12-10-11-27(37-28)35-25(24-18-32(6,7)39-33(8,9)19-24)15-13-22-17-31(4,5)38(21-22)29(23)36-26/h22-29,34-37H,10-21H2,1-9H3/t22-,23?,25?,26?,27?,28?,29?/m0/s1. The van der Waals surface area contributed by atoms with E-state index in [0.29, 0.717) is 47.0 Å². The number of rotatable bonds is 1. The molecule has 0 aromatic carbocycles. The van der Waals surface area contributed by atoms with Crippen molar-refractivity contribution in [3.05, 3.63) is 0 Å². The maximum absolute atomic E-state index is 6.54. The molecule has 4 bridgehead atoms. The lowest BCUT2D eigenvalue weighted by Gasteiger charge is -2.50. The molecule has 0 aromatic heterocycles. The Morgan fingerprint density at radius 1 is 0.775 bits per heavy atom. The van der Waals surface area contributed by atoms with Crippen molar-refractivity contribution in [2.75, 3.05) is 13.1 Å². The molecular weight excluding hydrogens is 514 g/mol. The van der Waals surface area contributed by atoms with Crippen LogP contribution in [-0.4, -0.2) is 64.5 Å². The number of hydrogen-bond donors (Lipinski definition) is 4. The molecule has 0 aliphatic carbocycles. The van der Waals surface area contributed by atoms with Gasteiger partial charge in [0.05, 0.1) is 28.9 Å². The maximum Gasteiger partial charge on any atom is 0.0690 e. The van der Waals surface area contributed by atoms with E-state index in [9.17, 15) is 0 Å². The van der Waals surface area contributed by atoms with E-state index in [4.69, 9.17) is 4.74 Å². The first kappa shape index (κ1) is 31.5. The molecule has 6 nitrogen and oxygen atoms in total. The van der Waals surface area contributed by atoms with Gasteiger partial charge in [-0.25, -0.2) is 0 Å². The average Bonchev–Trinajstić information content (AvgIpc) is 3.12. The molecule has 0 saturated carbocycles. The van der Waals surface area contributed by atoms with Crippen molar-refractivity contribution in [2.45, 2.75) is 173 Å². The van der Waals surface area contributed by atoms with E-state index in [-0.39, 0.29) is 16.7 Å². The van der Waals surface area contributed by atoms with E-state index < -0.39 is 0 Å². The molecule has 5 aliphatic heterocycles. The van der Waals surface area contributed by atoms with Gasteiger partial charge in [-0.1, -0.05) is 32.7 Å². The molecule has 0 spiro atoms. The van der Waals surface area contributed by atoms with Crippen LogP contribution in [0.4, 0.5) is 0 Å². The highest BCUT2D eigenvalue weighted by atomic mass is 32.2. The van der Waals surface area contributed by atoms with Crippen molar-refractivity contribution in [3.8, 4) is 0 Å². The molecule has 5 heterocycles. The zero-order chi connectivity index (χ0) is 28.9. The van der Waals surface area contributed by atoms with E-state index >= 15 is 0 Å². The summed E-state index contributed by atoms with van der Waals surface area (Å²) in [4.78, 5) is 2.89. The zero-order valence-corrected chi connectivity index (χ0v) is 28.2. The average molecular weight is 578 g/mol. The van der Waals surface area contributed by atoms with Gasteiger partial charge in [0.15, 0.2) is 0 Å². The largest absolute Gasteiger partial charge is 0.370 e. The van der Waals surface area contributed by atoms with E-state index in [0.717, 1.165) is 25.3 Å². The van der Waals surface area contributed by atoms with Gasteiger partial charge in [0, 0.05) is 36.6 Å².